The average molecular weight is 328 g/mol. The van der Waals surface area contributed by atoms with Gasteiger partial charge in [-0.05, 0) is 66.8 Å². The summed E-state index contributed by atoms with van der Waals surface area (Å²) >= 11 is 0. The highest BCUT2D eigenvalue weighted by atomic mass is 16.5. The van der Waals surface area contributed by atoms with Crippen molar-refractivity contribution in [2.75, 3.05) is 6.61 Å². The van der Waals surface area contributed by atoms with Crippen LogP contribution in [0.1, 0.15) is 34.7 Å². The first-order chi connectivity index (χ1) is 12.0. The molecule has 0 unspecified atom stereocenters. The highest BCUT2D eigenvalue weighted by Crippen LogP contribution is 2.39. The van der Waals surface area contributed by atoms with Crippen molar-refractivity contribution in [1.29, 1.82) is 0 Å². The van der Waals surface area contributed by atoms with E-state index in [1.807, 2.05) is 0 Å². The largest absolute Gasteiger partial charge is 0.362 e. The van der Waals surface area contributed by atoms with Gasteiger partial charge >= 0.3 is 0 Å². The molecule has 4 rings (SSSR count). The van der Waals surface area contributed by atoms with Gasteiger partial charge in [-0.2, -0.15) is 0 Å². The van der Waals surface area contributed by atoms with Gasteiger partial charge in [-0.3, -0.25) is 0 Å². The van der Waals surface area contributed by atoms with E-state index in [1.54, 1.807) is 0 Å². The molecule has 25 heavy (non-hydrogen) atoms. The Bertz CT molecular complexity index is 976. The van der Waals surface area contributed by atoms with Crippen LogP contribution >= 0.6 is 0 Å². The zero-order valence-corrected chi connectivity index (χ0v) is 15.4. The van der Waals surface area contributed by atoms with E-state index in [4.69, 9.17) is 4.74 Å². The number of hydrogen-bond acceptors (Lipinski definition) is 1. The van der Waals surface area contributed by atoms with Crippen LogP contribution in [0.25, 0.3) is 16.3 Å². The fraction of sp³-hybridized carbons (Fsp3) is 0.250. The van der Waals surface area contributed by atoms with Gasteiger partial charge in [0, 0.05) is 0 Å². The summed E-state index contributed by atoms with van der Waals surface area (Å²) in [5, 5.41) is 2.63. The fourth-order valence-corrected chi connectivity index (χ4v) is 3.96. The summed E-state index contributed by atoms with van der Waals surface area (Å²) in [6.07, 6.45) is 2.30. The lowest BCUT2D eigenvalue weighted by Gasteiger charge is -2.23. The molecule has 0 amide bonds. The van der Waals surface area contributed by atoms with Crippen molar-refractivity contribution < 1.29 is 4.74 Å². The number of ether oxygens (including phenoxy) is 1. The molecule has 1 aliphatic rings. The summed E-state index contributed by atoms with van der Waals surface area (Å²) in [6.45, 7) is 9.28. The molecule has 1 atom stereocenters. The Morgan fingerprint density at radius 3 is 2.24 bits per heavy atom. The average Bonchev–Trinajstić information content (AvgIpc) is 2.98. The maximum atomic E-state index is 6.29. The zero-order chi connectivity index (χ0) is 17.6. The van der Waals surface area contributed by atoms with Gasteiger partial charge in [-0.25, -0.2) is 0 Å². The lowest BCUT2D eigenvalue weighted by molar-refractivity contribution is 0.0404. The van der Waals surface area contributed by atoms with Crippen LogP contribution in [0.5, 0.6) is 0 Å². The first kappa shape index (κ1) is 16.1. The van der Waals surface area contributed by atoms with E-state index in [-0.39, 0.29) is 5.60 Å². The van der Waals surface area contributed by atoms with E-state index in [0.29, 0.717) is 6.61 Å². The van der Waals surface area contributed by atoms with Crippen molar-refractivity contribution in [2.45, 2.75) is 33.3 Å². The summed E-state index contributed by atoms with van der Waals surface area (Å²) in [4.78, 5) is 0. The summed E-state index contributed by atoms with van der Waals surface area (Å²) < 4.78 is 6.29. The maximum absolute atomic E-state index is 6.29. The molecule has 0 aromatic heterocycles. The molecular weight excluding hydrogens is 304 g/mol. The molecule has 0 saturated heterocycles. The van der Waals surface area contributed by atoms with Gasteiger partial charge in [0.25, 0.3) is 0 Å². The van der Waals surface area contributed by atoms with Gasteiger partial charge in [0.1, 0.15) is 5.60 Å². The smallest absolute Gasteiger partial charge is 0.110 e. The molecule has 0 aliphatic carbocycles. The van der Waals surface area contributed by atoms with Crippen molar-refractivity contribution >= 4 is 16.3 Å². The molecule has 1 heteroatoms. The van der Waals surface area contributed by atoms with Gasteiger partial charge in [0.2, 0.25) is 0 Å². The third-order valence-corrected chi connectivity index (χ3v) is 5.26. The number of fused-ring (bicyclic) bond motifs is 1. The molecule has 0 bridgehead atoms. The molecule has 1 nitrogen and oxygen atoms in total. The van der Waals surface area contributed by atoms with Crippen LogP contribution < -0.4 is 0 Å². The summed E-state index contributed by atoms with van der Waals surface area (Å²) in [5.41, 5.74) is 7.31. The van der Waals surface area contributed by atoms with Crippen molar-refractivity contribution in [3.63, 3.8) is 0 Å². The van der Waals surface area contributed by atoms with Crippen LogP contribution in [-0.2, 0) is 10.3 Å². The Morgan fingerprint density at radius 1 is 0.840 bits per heavy atom. The normalized spacial score (nSPS) is 20.1. The molecular formula is C24H24O. The van der Waals surface area contributed by atoms with E-state index in [9.17, 15) is 0 Å². The number of hydrogen-bond donors (Lipinski definition) is 0. The van der Waals surface area contributed by atoms with Gasteiger partial charge in [0.15, 0.2) is 0 Å². The summed E-state index contributed by atoms with van der Waals surface area (Å²) in [6, 6.07) is 19.8. The Morgan fingerprint density at radius 2 is 1.52 bits per heavy atom. The molecule has 0 saturated carbocycles. The van der Waals surface area contributed by atoms with Gasteiger partial charge in [-0.1, -0.05) is 65.7 Å². The van der Waals surface area contributed by atoms with Gasteiger partial charge in [0.05, 0.1) is 6.61 Å². The first-order valence-corrected chi connectivity index (χ1v) is 8.89. The molecule has 0 spiro atoms. The van der Waals surface area contributed by atoms with Crippen molar-refractivity contribution in [3.05, 3.63) is 88.5 Å². The Balaban J connectivity index is 1.83. The Hall–Kier alpha value is -2.38. The molecule has 1 heterocycles. The van der Waals surface area contributed by atoms with Crippen LogP contribution in [0.15, 0.2) is 60.7 Å². The SMILES string of the molecule is Cc1cc(C)cc([C@]2(C)C=C(c3ccc(C)c4ccccc34)CO2)c1. The zero-order valence-electron chi connectivity index (χ0n) is 15.4. The molecule has 0 radical (unpaired) electrons. The predicted molar refractivity (Wildman–Crippen MR) is 106 cm³/mol. The molecule has 1 aliphatic heterocycles. The standard InChI is InChI=1S/C24H24O/c1-16-11-17(2)13-20(12-16)24(4)14-19(15-25-24)22-10-9-18(3)21-7-5-6-8-23(21)22/h5-14H,15H2,1-4H3/t24-/m0/s1. The van der Waals surface area contributed by atoms with Crippen LogP contribution in [0.2, 0.25) is 0 Å². The molecule has 126 valence electrons. The van der Waals surface area contributed by atoms with Crippen LogP contribution in [0.4, 0.5) is 0 Å². The molecule has 0 fully saturated rings. The second-order valence-electron chi connectivity index (χ2n) is 7.42. The van der Waals surface area contributed by atoms with Gasteiger partial charge in [-0.15, -0.1) is 0 Å². The van der Waals surface area contributed by atoms with Crippen LogP contribution in [-0.4, -0.2) is 6.61 Å². The van der Waals surface area contributed by atoms with E-state index in [2.05, 4.69) is 88.4 Å². The predicted octanol–water partition coefficient (Wildman–Crippen LogP) is 6.09. The number of aryl methyl sites for hydroxylation is 3. The number of rotatable bonds is 2. The monoisotopic (exact) mass is 328 g/mol. The minimum absolute atomic E-state index is 0.363. The van der Waals surface area contributed by atoms with Crippen LogP contribution in [0.3, 0.4) is 0 Å². The van der Waals surface area contributed by atoms with Crippen LogP contribution in [0, 0.1) is 20.8 Å². The molecule has 3 aromatic rings. The summed E-state index contributed by atoms with van der Waals surface area (Å²) in [7, 11) is 0. The third kappa shape index (κ3) is 2.79. The third-order valence-electron chi connectivity index (χ3n) is 5.26. The second kappa shape index (κ2) is 5.86. The van der Waals surface area contributed by atoms with E-state index >= 15 is 0 Å². The fourth-order valence-electron chi connectivity index (χ4n) is 3.96. The minimum Gasteiger partial charge on any atom is -0.362 e. The van der Waals surface area contributed by atoms with Crippen molar-refractivity contribution in [2.24, 2.45) is 0 Å². The van der Waals surface area contributed by atoms with E-state index < -0.39 is 0 Å². The lowest BCUT2D eigenvalue weighted by atomic mass is 9.90. The summed E-state index contributed by atoms with van der Waals surface area (Å²) in [5.74, 6) is 0. The molecule has 0 N–H and O–H groups in total. The Labute approximate surface area is 150 Å². The lowest BCUT2D eigenvalue weighted by Crippen LogP contribution is -2.19. The van der Waals surface area contributed by atoms with E-state index in [1.165, 1.54) is 44.2 Å². The second-order valence-corrected chi connectivity index (χ2v) is 7.42. The highest BCUT2D eigenvalue weighted by Gasteiger charge is 2.32. The maximum Gasteiger partial charge on any atom is 0.110 e. The first-order valence-electron chi connectivity index (χ1n) is 8.89. The minimum atomic E-state index is -0.363. The Kier molecular flexibility index (Phi) is 3.77. The quantitative estimate of drug-likeness (QED) is 0.553. The van der Waals surface area contributed by atoms with Gasteiger partial charge < -0.3 is 4.74 Å². The van der Waals surface area contributed by atoms with E-state index in [0.717, 1.165) is 0 Å². The molecule has 3 aromatic carbocycles. The topological polar surface area (TPSA) is 9.23 Å². The number of benzene rings is 3. The van der Waals surface area contributed by atoms with Crippen molar-refractivity contribution in [1.82, 2.24) is 0 Å². The highest BCUT2D eigenvalue weighted by molar-refractivity contribution is 5.96. The van der Waals surface area contributed by atoms with Crippen molar-refractivity contribution in [3.8, 4) is 0 Å².